The van der Waals surface area contributed by atoms with E-state index in [-0.39, 0.29) is 6.04 Å². The summed E-state index contributed by atoms with van der Waals surface area (Å²) >= 11 is 0.612. The Labute approximate surface area is 220 Å². The van der Waals surface area contributed by atoms with Gasteiger partial charge in [0.1, 0.15) is 0 Å². The quantitative estimate of drug-likeness (QED) is 0.231. The van der Waals surface area contributed by atoms with Gasteiger partial charge in [0.2, 0.25) is 5.91 Å². The predicted octanol–water partition coefficient (Wildman–Crippen LogP) is 7.27. The van der Waals surface area contributed by atoms with E-state index in [1.165, 1.54) is 4.90 Å². The van der Waals surface area contributed by atoms with Gasteiger partial charge in [-0.15, -0.1) is 0 Å². The molecule has 2 aromatic carbocycles. The maximum absolute atomic E-state index is 14.2. The summed E-state index contributed by atoms with van der Waals surface area (Å²) in [6, 6.07) is 8.70. The first-order valence-corrected chi connectivity index (χ1v) is 12.9. The highest BCUT2D eigenvalue weighted by molar-refractivity contribution is 7.99. The number of nitrogens with zero attached hydrogens (tertiary/aromatic N) is 1. The van der Waals surface area contributed by atoms with Gasteiger partial charge >= 0.3 is 12.4 Å². The van der Waals surface area contributed by atoms with Crippen molar-refractivity contribution in [2.24, 2.45) is 0 Å². The van der Waals surface area contributed by atoms with Crippen molar-refractivity contribution in [2.75, 3.05) is 31.6 Å². The Hall–Kier alpha value is -2.92. The van der Waals surface area contributed by atoms with Gasteiger partial charge in [0.05, 0.1) is 11.1 Å². The Bertz CT molecular complexity index is 1200. The summed E-state index contributed by atoms with van der Waals surface area (Å²) < 4.78 is 90.1. The lowest BCUT2D eigenvalue weighted by Gasteiger charge is -2.24. The van der Waals surface area contributed by atoms with Gasteiger partial charge in [-0.2, -0.15) is 26.3 Å². The molecule has 204 valence electrons. The number of alkyl halides is 6. The summed E-state index contributed by atoms with van der Waals surface area (Å²) in [5.41, 5.74) is -3.63. The third-order valence-corrected chi connectivity index (χ3v) is 7.25. The molecule has 0 spiro atoms. The fourth-order valence-electron chi connectivity index (χ4n) is 4.37. The topological polar surface area (TPSA) is 41.6 Å². The fourth-order valence-corrected chi connectivity index (χ4v) is 5.41. The molecule has 38 heavy (non-hydrogen) atoms. The average molecular weight is 557 g/mol. The molecule has 1 saturated heterocycles. The Morgan fingerprint density at radius 2 is 1.74 bits per heavy atom. The highest BCUT2D eigenvalue weighted by atomic mass is 32.2. The van der Waals surface area contributed by atoms with E-state index in [2.05, 4.69) is 5.32 Å². The zero-order valence-electron chi connectivity index (χ0n) is 20.2. The molecule has 0 atom stereocenters. The summed E-state index contributed by atoms with van der Waals surface area (Å²) in [5.74, 6) is -0.566. The van der Waals surface area contributed by atoms with Gasteiger partial charge in [0, 0.05) is 53.9 Å². The van der Waals surface area contributed by atoms with Crippen molar-refractivity contribution in [1.29, 1.82) is 0 Å². The van der Waals surface area contributed by atoms with Crippen molar-refractivity contribution in [3.8, 4) is 0 Å². The SMILES string of the molecule is O=C(C=Cc1ccc(Sc2cccc(NC3CCOCC3)c2)c(C(F)(F)F)c1C(F)(F)F)N1CC=CCC1. The van der Waals surface area contributed by atoms with Crippen molar-refractivity contribution in [1.82, 2.24) is 4.90 Å². The van der Waals surface area contributed by atoms with E-state index in [1.54, 1.807) is 30.3 Å². The zero-order chi connectivity index (χ0) is 27.3. The summed E-state index contributed by atoms with van der Waals surface area (Å²) in [6.45, 7) is 1.88. The number of benzene rings is 2. The van der Waals surface area contributed by atoms with Gasteiger partial charge in [-0.05, 0) is 55.2 Å². The molecule has 1 N–H and O–H groups in total. The second-order valence-electron chi connectivity index (χ2n) is 8.94. The van der Waals surface area contributed by atoms with Crippen LogP contribution in [0.5, 0.6) is 0 Å². The molecule has 4 rings (SSSR count). The molecule has 2 aromatic rings. The smallest absolute Gasteiger partial charge is 0.382 e. The third-order valence-electron chi connectivity index (χ3n) is 6.20. The van der Waals surface area contributed by atoms with E-state index in [1.807, 2.05) is 6.08 Å². The van der Waals surface area contributed by atoms with Crippen LogP contribution in [0.15, 0.2) is 64.4 Å². The van der Waals surface area contributed by atoms with Gasteiger partial charge in [-0.1, -0.05) is 36.0 Å². The minimum atomic E-state index is -5.30. The van der Waals surface area contributed by atoms with Gasteiger partial charge in [0.15, 0.2) is 0 Å². The van der Waals surface area contributed by atoms with Crippen molar-refractivity contribution in [3.05, 3.63) is 71.3 Å². The first kappa shape index (κ1) is 28.1. The van der Waals surface area contributed by atoms with Crippen LogP contribution in [-0.4, -0.2) is 43.2 Å². The molecule has 0 aliphatic carbocycles. The molecule has 0 radical (unpaired) electrons. The lowest BCUT2D eigenvalue weighted by Crippen LogP contribution is -2.32. The minimum absolute atomic E-state index is 0.140. The normalized spacial score (nSPS) is 17.3. The molecular formula is C27H26F6N2O2S. The molecule has 4 nitrogen and oxygen atoms in total. The van der Waals surface area contributed by atoms with Crippen LogP contribution in [0.3, 0.4) is 0 Å². The number of hydrogen-bond donors (Lipinski definition) is 1. The highest BCUT2D eigenvalue weighted by Crippen LogP contribution is 2.48. The summed E-state index contributed by atoms with van der Waals surface area (Å²) in [6.07, 6.45) is -3.11. The van der Waals surface area contributed by atoms with Gasteiger partial charge in [-0.3, -0.25) is 4.79 Å². The van der Waals surface area contributed by atoms with Crippen molar-refractivity contribution >= 4 is 29.4 Å². The van der Waals surface area contributed by atoms with Crippen LogP contribution in [-0.2, 0) is 21.9 Å². The Kier molecular flexibility index (Phi) is 8.77. The molecule has 2 aliphatic rings. The second-order valence-corrected chi connectivity index (χ2v) is 10.1. The Balaban J connectivity index is 1.66. The lowest BCUT2D eigenvalue weighted by molar-refractivity contribution is -0.163. The van der Waals surface area contributed by atoms with Crippen molar-refractivity contribution in [3.63, 3.8) is 0 Å². The van der Waals surface area contributed by atoms with Crippen LogP contribution in [0.25, 0.3) is 6.08 Å². The Morgan fingerprint density at radius 1 is 1.00 bits per heavy atom. The third kappa shape index (κ3) is 7.13. The standard InChI is InChI=1S/C27H26F6N2O2S/c28-26(29,30)24-18(8-10-23(36)35-13-2-1-3-14-35)7-9-22(25(24)27(31,32)33)38-21-6-4-5-20(17-21)34-19-11-15-37-16-12-19/h1-2,4-10,17,19,34H,3,11-16H2. The number of nitrogens with one attached hydrogen (secondary N) is 1. The zero-order valence-corrected chi connectivity index (χ0v) is 21.1. The minimum Gasteiger partial charge on any atom is -0.382 e. The molecule has 1 amide bonds. The molecule has 2 aliphatic heterocycles. The highest BCUT2D eigenvalue weighted by Gasteiger charge is 2.46. The summed E-state index contributed by atoms with van der Waals surface area (Å²) in [7, 11) is 0. The summed E-state index contributed by atoms with van der Waals surface area (Å²) in [4.78, 5) is 13.6. The van der Waals surface area contributed by atoms with E-state index in [4.69, 9.17) is 4.74 Å². The van der Waals surface area contributed by atoms with Crippen LogP contribution in [0.1, 0.15) is 36.0 Å². The Morgan fingerprint density at radius 3 is 2.39 bits per heavy atom. The van der Waals surface area contributed by atoms with E-state index < -0.39 is 39.8 Å². The number of hydrogen-bond acceptors (Lipinski definition) is 4. The van der Waals surface area contributed by atoms with Crippen LogP contribution >= 0.6 is 11.8 Å². The van der Waals surface area contributed by atoms with Gasteiger partial charge in [0.25, 0.3) is 0 Å². The van der Waals surface area contributed by atoms with Crippen LogP contribution in [0.4, 0.5) is 32.0 Å². The number of amides is 1. The van der Waals surface area contributed by atoms with Gasteiger partial charge < -0.3 is 15.0 Å². The second kappa shape index (κ2) is 11.9. The molecular weight excluding hydrogens is 530 g/mol. The number of carbonyl (C=O) groups is 1. The molecule has 0 bridgehead atoms. The predicted molar refractivity (Wildman–Crippen MR) is 134 cm³/mol. The maximum atomic E-state index is 14.2. The van der Waals surface area contributed by atoms with Gasteiger partial charge in [-0.25, -0.2) is 0 Å². The van der Waals surface area contributed by atoms with Crippen LogP contribution in [0.2, 0.25) is 0 Å². The number of rotatable bonds is 6. The monoisotopic (exact) mass is 556 g/mol. The van der Waals surface area contributed by atoms with E-state index in [0.717, 1.165) is 37.1 Å². The molecule has 1 fully saturated rings. The molecule has 0 saturated carbocycles. The van der Waals surface area contributed by atoms with E-state index in [9.17, 15) is 31.1 Å². The molecule has 0 aromatic heterocycles. The van der Waals surface area contributed by atoms with E-state index in [0.29, 0.717) is 55.1 Å². The first-order chi connectivity index (χ1) is 18.0. The summed E-state index contributed by atoms with van der Waals surface area (Å²) in [5, 5.41) is 3.31. The molecule has 2 heterocycles. The molecule has 0 unspecified atom stereocenters. The number of ether oxygens (including phenoxy) is 1. The first-order valence-electron chi connectivity index (χ1n) is 12.1. The number of anilines is 1. The number of carbonyl (C=O) groups excluding carboxylic acids is 1. The van der Waals surface area contributed by atoms with E-state index >= 15 is 0 Å². The fraction of sp³-hybridized carbons (Fsp3) is 0.370. The lowest BCUT2D eigenvalue weighted by atomic mass is 9.99. The maximum Gasteiger partial charge on any atom is 0.418 e. The largest absolute Gasteiger partial charge is 0.418 e. The average Bonchev–Trinajstić information content (AvgIpc) is 2.87. The van der Waals surface area contributed by atoms with Crippen molar-refractivity contribution < 1.29 is 35.9 Å². The van der Waals surface area contributed by atoms with Crippen LogP contribution < -0.4 is 5.32 Å². The number of halogens is 6. The van der Waals surface area contributed by atoms with Crippen molar-refractivity contribution in [2.45, 2.75) is 47.4 Å². The molecule has 11 heteroatoms. The van der Waals surface area contributed by atoms with Crippen LogP contribution in [0, 0.1) is 0 Å².